The Morgan fingerprint density at radius 3 is 2.45 bits per heavy atom. The fraction of sp³-hybridized carbons (Fsp3) is 0.286. The third-order valence-corrected chi connectivity index (χ3v) is 2.83. The predicted octanol–water partition coefficient (Wildman–Crippen LogP) is 2.80. The monoisotopic (exact) mass is 294 g/mol. The first-order valence-electron chi connectivity index (χ1n) is 6.18. The van der Waals surface area contributed by atoms with Crippen LogP contribution in [-0.2, 0) is 7.05 Å². The standard InChI is InChI=1S/C14H18N4O.ClH/c1-9(2)13-12(8-18(3)17-13)16-14(19)10-4-6-11(15)7-5-10;/h4-9H,15H2,1-3H3,(H,16,19);1H. The number of aromatic nitrogens is 2. The molecule has 0 fully saturated rings. The third kappa shape index (κ3) is 3.51. The molecule has 2 rings (SSSR count). The molecular weight excluding hydrogens is 276 g/mol. The molecule has 0 aliphatic carbocycles. The van der Waals surface area contributed by atoms with Crippen LogP contribution in [0.4, 0.5) is 11.4 Å². The predicted molar refractivity (Wildman–Crippen MR) is 83.4 cm³/mol. The Kier molecular flexibility index (Phi) is 5.16. The van der Waals surface area contributed by atoms with Crippen LogP contribution < -0.4 is 11.1 Å². The smallest absolute Gasteiger partial charge is 0.255 e. The normalized spacial score (nSPS) is 10.2. The van der Waals surface area contributed by atoms with Gasteiger partial charge in [-0.25, -0.2) is 0 Å². The van der Waals surface area contributed by atoms with Gasteiger partial charge in [0.1, 0.15) is 0 Å². The van der Waals surface area contributed by atoms with Crippen LogP contribution in [0.3, 0.4) is 0 Å². The third-order valence-electron chi connectivity index (χ3n) is 2.83. The van der Waals surface area contributed by atoms with E-state index in [1.165, 1.54) is 0 Å². The second kappa shape index (κ2) is 6.43. The van der Waals surface area contributed by atoms with Crippen LogP contribution in [0.1, 0.15) is 35.8 Å². The van der Waals surface area contributed by atoms with Gasteiger partial charge in [-0.3, -0.25) is 9.48 Å². The van der Waals surface area contributed by atoms with E-state index in [9.17, 15) is 4.79 Å². The Morgan fingerprint density at radius 1 is 1.30 bits per heavy atom. The molecule has 0 saturated carbocycles. The number of anilines is 2. The lowest BCUT2D eigenvalue weighted by Gasteiger charge is -2.07. The van der Waals surface area contributed by atoms with E-state index in [1.807, 2.05) is 27.1 Å². The van der Waals surface area contributed by atoms with E-state index in [2.05, 4.69) is 10.4 Å². The maximum atomic E-state index is 12.1. The SMILES string of the molecule is CC(C)c1nn(C)cc1NC(=O)c1ccc(N)cc1.Cl. The molecule has 1 aromatic heterocycles. The molecule has 0 aliphatic rings. The van der Waals surface area contributed by atoms with Crippen molar-refractivity contribution in [3.63, 3.8) is 0 Å². The van der Waals surface area contributed by atoms with Crippen molar-refractivity contribution < 1.29 is 4.79 Å². The molecule has 0 saturated heterocycles. The highest BCUT2D eigenvalue weighted by atomic mass is 35.5. The number of nitrogens with zero attached hydrogens (tertiary/aromatic N) is 2. The number of rotatable bonds is 3. The molecule has 1 heterocycles. The Labute approximate surface area is 124 Å². The minimum atomic E-state index is -0.157. The zero-order chi connectivity index (χ0) is 14.0. The van der Waals surface area contributed by atoms with Gasteiger partial charge in [0.2, 0.25) is 0 Å². The molecule has 108 valence electrons. The van der Waals surface area contributed by atoms with Crippen molar-refractivity contribution in [3.05, 3.63) is 41.7 Å². The van der Waals surface area contributed by atoms with Gasteiger partial charge in [-0.05, 0) is 30.2 Å². The summed E-state index contributed by atoms with van der Waals surface area (Å²) in [5.74, 6) is 0.0952. The fourth-order valence-corrected chi connectivity index (χ4v) is 1.86. The fourth-order valence-electron chi connectivity index (χ4n) is 1.86. The van der Waals surface area contributed by atoms with Gasteiger partial charge in [0.25, 0.3) is 5.91 Å². The van der Waals surface area contributed by atoms with Crippen molar-refractivity contribution in [1.29, 1.82) is 0 Å². The van der Waals surface area contributed by atoms with Crippen molar-refractivity contribution in [2.24, 2.45) is 7.05 Å². The second-order valence-corrected chi connectivity index (χ2v) is 4.83. The van der Waals surface area contributed by atoms with E-state index in [1.54, 1.807) is 28.9 Å². The number of nitrogens with two attached hydrogens (primary N) is 1. The molecule has 0 aliphatic heterocycles. The van der Waals surface area contributed by atoms with Crippen molar-refractivity contribution in [3.8, 4) is 0 Å². The van der Waals surface area contributed by atoms with Crippen LogP contribution in [0.15, 0.2) is 30.5 Å². The molecule has 2 aromatic rings. The molecule has 0 unspecified atom stereocenters. The molecule has 6 heteroatoms. The number of nitrogens with one attached hydrogen (secondary N) is 1. The van der Waals surface area contributed by atoms with E-state index in [4.69, 9.17) is 5.73 Å². The molecule has 1 amide bonds. The number of halogens is 1. The summed E-state index contributed by atoms with van der Waals surface area (Å²) in [5.41, 5.74) is 8.45. The molecule has 20 heavy (non-hydrogen) atoms. The highest BCUT2D eigenvalue weighted by Crippen LogP contribution is 2.22. The van der Waals surface area contributed by atoms with E-state index >= 15 is 0 Å². The number of nitrogen functional groups attached to an aromatic ring is 1. The van der Waals surface area contributed by atoms with E-state index in [0.29, 0.717) is 11.3 Å². The topological polar surface area (TPSA) is 72.9 Å². The quantitative estimate of drug-likeness (QED) is 0.855. The number of hydrogen-bond acceptors (Lipinski definition) is 3. The number of aryl methyl sites for hydroxylation is 1. The molecule has 0 atom stereocenters. The maximum absolute atomic E-state index is 12.1. The van der Waals surface area contributed by atoms with Crippen molar-refractivity contribution in [1.82, 2.24) is 9.78 Å². The summed E-state index contributed by atoms with van der Waals surface area (Å²) in [6, 6.07) is 6.83. The maximum Gasteiger partial charge on any atom is 0.255 e. The van der Waals surface area contributed by atoms with E-state index < -0.39 is 0 Å². The summed E-state index contributed by atoms with van der Waals surface area (Å²) in [5, 5.41) is 7.24. The summed E-state index contributed by atoms with van der Waals surface area (Å²) in [6.45, 7) is 4.09. The first-order valence-corrected chi connectivity index (χ1v) is 6.18. The van der Waals surface area contributed by atoms with Crippen LogP contribution in [0, 0.1) is 0 Å². The zero-order valence-electron chi connectivity index (χ0n) is 11.8. The molecule has 0 radical (unpaired) electrons. The lowest BCUT2D eigenvalue weighted by molar-refractivity contribution is 0.102. The Morgan fingerprint density at radius 2 is 1.90 bits per heavy atom. The van der Waals surface area contributed by atoms with Gasteiger partial charge in [0.15, 0.2) is 0 Å². The highest BCUT2D eigenvalue weighted by molar-refractivity contribution is 6.04. The molecule has 5 nitrogen and oxygen atoms in total. The average molecular weight is 295 g/mol. The van der Waals surface area contributed by atoms with E-state index in [-0.39, 0.29) is 24.2 Å². The van der Waals surface area contributed by atoms with Crippen LogP contribution >= 0.6 is 12.4 Å². The van der Waals surface area contributed by atoms with Crippen molar-refractivity contribution in [2.75, 3.05) is 11.1 Å². The number of amides is 1. The minimum absolute atomic E-state index is 0. The summed E-state index contributed by atoms with van der Waals surface area (Å²) in [7, 11) is 1.84. The molecule has 0 spiro atoms. The van der Waals surface area contributed by atoms with Crippen LogP contribution in [0.2, 0.25) is 0 Å². The van der Waals surface area contributed by atoms with Gasteiger partial charge < -0.3 is 11.1 Å². The molecule has 3 N–H and O–H groups in total. The number of carbonyl (C=O) groups is 1. The summed E-state index contributed by atoms with van der Waals surface area (Å²) < 4.78 is 1.70. The number of carbonyl (C=O) groups excluding carboxylic acids is 1. The van der Waals surface area contributed by atoms with E-state index in [0.717, 1.165) is 11.4 Å². The molecular formula is C14H19ClN4O. The molecule has 0 bridgehead atoms. The lowest BCUT2D eigenvalue weighted by atomic mass is 10.1. The summed E-state index contributed by atoms with van der Waals surface area (Å²) in [6.07, 6.45) is 1.81. The van der Waals surface area contributed by atoms with Crippen LogP contribution in [-0.4, -0.2) is 15.7 Å². The second-order valence-electron chi connectivity index (χ2n) is 4.83. The van der Waals surface area contributed by atoms with Gasteiger partial charge in [-0.15, -0.1) is 12.4 Å². The van der Waals surface area contributed by atoms with Gasteiger partial charge in [0.05, 0.1) is 11.4 Å². The van der Waals surface area contributed by atoms with Gasteiger partial charge in [-0.1, -0.05) is 13.8 Å². The first kappa shape index (κ1) is 16.0. The lowest BCUT2D eigenvalue weighted by Crippen LogP contribution is -2.13. The Hall–Kier alpha value is -2.01. The van der Waals surface area contributed by atoms with Gasteiger partial charge in [0, 0.05) is 24.5 Å². The molecule has 1 aromatic carbocycles. The minimum Gasteiger partial charge on any atom is -0.399 e. The largest absolute Gasteiger partial charge is 0.399 e. The summed E-state index contributed by atoms with van der Waals surface area (Å²) >= 11 is 0. The Balaban J connectivity index is 0.00000200. The summed E-state index contributed by atoms with van der Waals surface area (Å²) in [4.78, 5) is 12.1. The van der Waals surface area contributed by atoms with Crippen molar-refractivity contribution >= 4 is 29.7 Å². The number of hydrogen-bond donors (Lipinski definition) is 2. The average Bonchev–Trinajstić information content (AvgIpc) is 2.71. The first-order chi connectivity index (χ1) is 8.97. The van der Waals surface area contributed by atoms with Crippen LogP contribution in [0.5, 0.6) is 0 Å². The number of benzene rings is 1. The highest BCUT2D eigenvalue weighted by Gasteiger charge is 2.14. The van der Waals surface area contributed by atoms with Gasteiger partial charge in [-0.2, -0.15) is 5.10 Å². The van der Waals surface area contributed by atoms with Crippen molar-refractivity contribution in [2.45, 2.75) is 19.8 Å². The van der Waals surface area contributed by atoms with Crippen LogP contribution in [0.25, 0.3) is 0 Å². The zero-order valence-corrected chi connectivity index (χ0v) is 12.6. The Bertz CT molecular complexity index is 590. The van der Waals surface area contributed by atoms with Gasteiger partial charge >= 0.3 is 0 Å².